The zero-order chi connectivity index (χ0) is 12.8. The maximum Gasteiger partial charge on any atom is 0.115 e. The molecule has 2 unspecified atom stereocenters. The maximum absolute atomic E-state index is 4.62. The van der Waals surface area contributed by atoms with Gasteiger partial charge in [0, 0.05) is 12.1 Å². The smallest absolute Gasteiger partial charge is 0.115 e. The molecule has 0 bridgehead atoms. The van der Waals surface area contributed by atoms with Crippen molar-refractivity contribution in [2.45, 2.75) is 77.0 Å². The summed E-state index contributed by atoms with van der Waals surface area (Å²) >= 11 is 0. The second-order valence-corrected chi connectivity index (χ2v) is 5.71. The minimum atomic E-state index is 0.619. The van der Waals surface area contributed by atoms with E-state index in [4.69, 9.17) is 0 Å². The van der Waals surface area contributed by atoms with Crippen molar-refractivity contribution in [2.75, 3.05) is 0 Å². The highest BCUT2D eigenvalue weighted by atomic mass is 14.8. The summed E-state index contributed by atoms with van der Waals surface area (Å²) < 4.78 is 0. The van der Waals surface area contributed by atoms with Gasteiger partial charge < -0.3 is 0 Å². The molecule has 1 aromatic rings. The van der Waals surface area contributed by atoms with Crippen molar-refractivity contribution in [1.82, 2.24) is 9.97 Å². The SMILES string of the molecule is CCC1CCCCCCCC(C)c2cncnc21. The lowest BCUT2D eigenvalue weighted by atomic mass is 9.88. The normalized spacial score (nSPS) is 26.1. The van der Waals surface area contributed by atoms with E-state index in [1.807, 2.05) is 0 Å². The molecule has 0 radical (unpaired) electrons. The third-order valence-corrected chi connectivity index (χ3v) is 4.37. The quantitative estimate of drug-likeness (QED) is 0.710. The Morgan fingerprint density at radius 3 is 2.61 bits per heavy atom. The number of fused-ring (bicyclic) bond motifs is 1. The van der Waals surface area contributed by atoms with Gasteiger partial charge in [-0.05, 0) is 30.7 Å². The summed E-state index contributed by atoms with van der Waals surface area (Å²) in [5.41, 5.74) is 2.74. The van der Waals surface area contributed by atoms with E-state index in [-0.39, 0.29) is 0 Å². The molecule has 1 aliphatic rings. The van der Waals surface area contributed by atoms with E-state index in [1.165, 1.54) is 62.6 Å². The van der Waals surface area contributed by atoms with Gasteiger partial charge in [-0.3, -0.25) is 0 Å². The zero-order valence-electron chi connectivity index (χ0n) is 11.9. The highest BCUT2D eigenvalue weighted by Gasteiger charge is 2.19. The Balaban J connectivity index is 2.26. The van der Waals surface area contributed by atoms with Crippen LogP contribution in [0.1, 0.15) is 88.3 Å². The molecule has 2 rings (SSSR count). The highest BCUT2D eigenvalue weighted by molar-refractivity contribution is 5.24. The summed E-state index contributed by atoms with van der Waals surface area (Å²) in [7, 11) is 0. The Labute approximate surface area is 111 Å². The fraction of sp³-hybridized carbons (Fsp3) is 0.750. The molecule has 2 atom stereocenters. The van der Waals surface area contributed by atoms with Crippen LogP contribution in [0.15, 0.2) is 12.5 Å². The predicted molar refractivity (Wildman–Crippen MR) is 75.8 cm³/mol. The van der Waals surface area contributed by atoms with Gasteiger partial charge in [-0.1, -0.05) is 46.0 Å². The van der Waals surface area contributed by atoms with Crippen LogP contribution in [0, 0.1) is 0 Å². The lowest BCUT2D eigenvalue weighted by Crippen LogP contribution is -2.08. The maximum atomic E-state index is 4.62. The van der Waals surface area contributed by atoms with Crippen molar-refractivity contribution < 1.29 is 0 Å². The van der Waals surface area contributed by atoms with E-state index < -0.39 is 0 Å². The molecule has 0 amide bonds. The van der Waals surface area contributed by atoms with Gasteiger partial charge >= 0.3 is 0 Å². The van der Waals surface area contributed by atoms with E-state index in [9.17, 15) is 0 Å². The molecule has 2 nitrogen and oxygen atoms in total. The molecule has 0 aliphatic heterocycles. The molecule has 1 aromatic heterocycles. The lowest BCUT2D eigenvalue weighted by molar-refractivity contribution is 0.526. The molecule has 0 spiro atoms. The van der Waals surface area contributed by atoms with Crippen molar-refractivity contribution in [3.8, 4) is 0 Å². The lowest BCUT2D eigenvalue weighted by Gasteiger charge is -2.20. The van der Waals surface area contributed by atoms with Crippen molar-refractivity contribution in [1.29, 1.82) is 0 Å². The summed E-state index contributed by atoms with van der Waals surface area (Å²) in [6.07, 6.45) is 14.5. The molecule has 0 saturated heterocycles. The standard InChI is InChI=1S/C16H26N2/c1-3-14-10-8-6-4-5-7-9-13(2)15-11-17-12-18-16(14)15/h11-14H,3-10H2,1-2H3. The average molecular weight is 246 g/mol. The Morgan fingerprint density at radius 1 is 1.11 bits per heavy atom. The minimum absolute atomic E-state index is 0.619. The molecule has 0 fully saturated rings. The van der Waals surface area contributed by atoms with Crippen LogP contribution in [0.3, 0.4) is 0 Å². The van der Waals surface area contributed by atoms with Gasteiger partial charge in [0.2, 0.25) is 0 Å². The molecule has 0 aromatic carbocycles. The second-order valence-electron chi connectivity index (χ2n) is 5.71. The van der Waals surface area contributed by atoms with Gasteiger partial charge in [-0.2, -0.15) is 0 Å². The van der Waals surface area contributed by atoms with Gasteiger partial charge in [0.15, 0.2) is 0 Å². The van der Waals surface area contributed by atoms with Crippen molar-refractivity contribution in [3.05, 3.63) is 23.8 Å². The van der Waals surface area contributed by atoms with Crippen molar-refractivity contribution >= 4 is 0 Å². The van der Waals surface area contributed by atoms with Gasteiger partial charge in [-0.15, -0.1) is 0 Å². The molecule has 1 heterocycles. The third kappa shape index (κ3) is 3.30. The molecule has 2 heteroatoms. The van der Waals surface area contributed by atoms with Crippen LogP contribution in [-0.2, 0) is 0 Å². The number of hydrogen-bond acceptors (Lipinski definition) is 2. The third-order valence-electron chi connectivity index (χ3n) is 4.37. The Morgan fingerprint density at radius 2 is 1.83 bits per heavy atom. The van der Waals surface area contributed by atoms with E-state index in [0.29, 0.717) is 11.8 Å². The molecule has 0 N–H and O–H groups in total. The molecule has 18 heavy (non-hydrogen) atoms. The van der Waals surface area contributed by atoms with Crippen LogP contribution in [0.2, 0.25) is 0 Å². The number of aromatic nitrogens is 2. The first-order valence-electron chi connectivity index (χ1n) is 7.62. The van der Waals surface area contributed by atoms with Gasteiger partial charge in [0.25, 0.3) is 0 Å². The summed E-state index contributed by atoms with van der Waals surface area (Å²) in [4.78, 5) is 8.87. The predicted octanol–water partition coefficient (Wildman–Crippen LogP) is 4.82. The summed E-state index contributed by atoms with van der Waals surface area (Å²) in [6, 6.07) is 0. The number of hydrogen-bond donors (Lipinski definition) is 0. The summed E-state index contributed by atoms with van der Waals surface area (Å²) in [6.45, 7) is 4.63. The first kappa shape index (κ1) is 13.5. The first-order valence-corrected chi connectivity index (χ1v) is 7.62. The topological polar surface area (TPSA) is 25.8 Å². The summed E-state index contributed by atoms with van der Waals surface area (Å²) in [5.74, 6) is 1.26. The van der Waals surface area contributed by atoms with Crippen LogP contribution >= 0.6 is 0 Å². The second kappa shape index (κ2) is 6.86. The largest absolute Gasteiger partial charge is 0.245 e. The van der Waals surface area contributed by atoms with Crippen molar-refractivity contribution in [2.24, 2.45) is 0 Å². The van der Waals surface area contributed by atoms with Gasteiger partial charge in [0.05, 0.1) is 5.69 Å². The molecule has 100 valence electrons. The molecular formula is C16H26N2. The van der Waals surface area contributed by atoms with Crippen LogP contribution in [0.5, 0.6) is 0 Å². The van der Waals surface area contributed by atoms with E-state index in [2.05, 4.69) is 30.0 Å². The number of nitrogens with zero attached hydrogens (tertiary/aromatic N) is 2. The Hall–Kier alpha value is -0.920. The van der Waals surface area contributed by atoms with Crippen LogP contribution in [0.25, 0.3) is 0 Å². The van der Waals surface area contributed by atoms with Crippen molar-refractivity contribution in [3.63, 3.8) is 0 Å². The highest BCUT2D eigenvalue weighted by Crippen LogP contribution is 2.33. The fourth-order valence-corrected chi connectivity index (χ4v) is 3.13. The number of rotatable bonds is 1. The van der Waals surface area contributed by atoms with Gasteiger partial charge in [-0.25, -0.2) is 9.97 Å². The fourth-order valence-electron chi connectivity index (χ4n) is 3.13. The monoisotopic (exact) mass is 246 g/mol. The average Bonchev–Trinajstić information content (AvgIpc) is 2.44. The Bertz CT molecular complexity index is 362. The zero-order valence-corrected chi connectivity index (χ0v) is 11.9. The minimum Gasteiger partial charge on any atom is -0.245 e. The Kier molecular flexibility index (Phi) is 5.15. The molecule has 0 saturated carbocycles. The first-order chi connectivity index (χ1) is 8.83. The van der Waals surface area contributed by atoms with E-state index in [0.717, 1.165) is 0 Å². The van der Waals surface area contributed by atoms with E-state index >= 15 is 0 Å². The molecule has 1 aliphatic carbocycles. The van der Waals surface area contributed by atoms with Crippen LogP contribution in [0.4, 0.5) is 0 Å². The van der Waals surface area contributed by atoms with Crippen LogP contribution in [-0.4, -0.2) is 9.97 Å². The molecular weight excluding hydrogens is 220 g/mol. The summed E-state index contributed by atoms with van der Waals surface area (Å²) in [5, 5.41) is 0. The van der Waals surface area contributed by atoms with Crippen LogP contribution < -0.4 is 0 Å². The van der Waals surface area contributed by atoms with Gasteiger partial charge in [0.1, 0.15) is 6.33 Å². The van der Waals surface area contributed by atoms with E-state index in [1.54, 1.807) is 6.33 Å².